The topological polar surface area (TPSA) is 36.3 Å². The molecular formula is C12H20N2O. The van der Waals surface area contributed by atoms with E-state index in [1.807, 2.05) is 0 Å². The standard InChI is InChI=1S/C12H20N2O/c1-10-2-3-12(15-10)9-14-6-4-11(8-13)5-7-14/h10-12H,2-7,9H2,1H3. The van der Waals surface area contributed by atoms with Gasteiger partial charge in [0, 0.05) is 12.5 Å². The van der Waals surface area contributed by atoms with Crippen LogP contribution in [0.1, 0.15) is 32.6 Å². The maximum absolute atomic E-state index is 8.80. The summed E-state index contributed by atoms with van der Waals surface area (Å²) >= 11 is 0. The highest BCUT2D eigenvalue weighted by Crippen LogP contribution is 2.22. The van der Waals surface area contributed by atoms with E-state index in [2.05, 4.69) is 17.9 Å². The molecule has 0 amide bonds. The summed E-state index contributed by atoms with van der Waals surface area (Å²) in [7, 11) is 0. The third-order valence-corrected chi connectivity index (χ3v) is 3.55. The van der Waals surface area contributed by atoms with Gasteiger partial charge in [-0.25, -0.2) is 0 Å². The number of rotatable bonds is 2. The summed E-state index contributed by atoms with van der Waals surface area (Å²) < 4.78 is 5.81. The van der Waals surface area contributed by atoms with E-state index in [1.54, 1.807) is 0 Å². The zero-order valence-corrected chi connectivity index (χ0v) is 9.48. The Morgan fingerprint density at radius 2 is 2.00 bits per heavy atom. The molecule has 2 aliphatic heterocycles. The summed E-state index contributed by atoms with van der Waals surface area (Å²) in [6.07, 6.45) is 5.39. The molecule has 2 rings (SSSR count). The van der Waals surface area contributed by atoms with E-state index < -0.39 is 0 Å². The van der Waals surface area contributed by atoms with Crippen molar-refractivity contribution in [2.75, 3.05) is 19.6 Å². The Labute approximate surface area is 92.0 Å². The first kappa shape index (κ1) is 10.9. The molecule has 0 spiro atoms. The van der Waals surface area contributed by atoms with Gasteiger partial charge in [0.05, 0.1) is 18.3 Å². The van der Waals surface area contributed by atoms with E-state index in [-0.39, 0.29) is 0 Å². The lowest BCUT2D eigenvalue weighted by molar-refractivity contribution is 0.0257. The molecule has 15 heavy (non-hydrogen) atoms. The van der Waals surface area contributed by atoms with E-state index in [9.17, 15) is 0 Å². The van der Waals surface area contributed by atoms with Crippen molar-refractivity contribution in [3.63, 3.8) is 0 Å². The maximum atomic E-state index is 8.80. The Bertz CT molecular complexity index is 240. The molecule has 0 N–H and O–H groups in total. The smallest absolute Gasteiger partial charge is 0.0706 e. The first-order chi connectivity index (χ1) is 7.28. The van der Waals surface area contributed by atoms with Crippen molar-refractivity contribution >= 4 is 0 Å². The first-order valence-corrected chi connectivity index (χ1v) is 6.05. The molecule has 0 bridgehead atoms. The van der Waals surface area contributed by atoms with Crippen LogP contribution in [-0.2, 0) is 4.74 Å². The summed E-state index contributed by atoms with van der Waals surface area (Å²) in [5.74, 6) is 0.296. The molecule has 0 aromatic heterocycles. The van der Waals surface area contributed by atoms with Crippen molar-refractivity contribution in [2.45, 2.75) is 44.8 Å². The molecule has 0 saturated carbocycles. The fraction of sp³-hybridized carbons (Fsp3) is 0.917. The summed E-state index contributed by atoms with van der Waals surface area (Å²) in [4.78, 5) is 2.45. The Morgan fingerprint density at radius 1 is 1.27 bits per heavy atom. The van der Waals surface area contributed by atoms with E-state index in [0.717, 1.165) is 32.5 Å². The Balaban J connectivity index is 1.71. The maximum Gasteiger partial charge on any atom is 0.0706 e. The van der Waals surface area contributed by atoms with Gasteiger partial charge in [0.2, 0.25) is 0 Å². The van der Waals surface area contributed by atoms with Gasteiger partial charge in [-0.05, 0) is 45.7 Å². The minimum atomic E-state index is 0.296. The quantitative estimate of drug-likeness (QED) is 0.694. The van der Waals surface area contributed by atoms with Gasteiger partial charge in [-0.3, -0.25) is 0 Å². The van der Waals surface area contributed by atoms with Crippen molar-refractivity contribution in [1.29, 1.82) is 5.26 Å². The molecule has 2 saturated heterocycles. The van der Waals surface area contributed by atoms with Gasteiger partial charge in [0.15, 0.2) is 0 Å². The lowest BCUT2D eigenvalue weighted by Crippen LogP contribution is -2.38. The summed E-state index contributed by atoms with van der Waals surface area (Å²) in [5, 5.41) is 8.80. The van der Waals surface area contributed by atoms with Crippen molar-refractivity contribution in [2.24, 2.45) is 5.92 Å². The van der Waals surface area contributed by atoms with Crippen molar-refractivity contribution in [3.8, 4) is 6.07 Å². The second-order valence-electron chi connectivity index (χ2n) is 4.85. The average Bonchev–Trinajstić information content (AvgIpc) is 2.65. The number of nitrogens with zero attached hydrogens (tertiary/aromatic N) is 2. The van der Waals surface area contributed by atoms with E-state index in [0.29, 0.717) is 18.1 Å². The lowest BCUT2D eigenvalue weighted by Gasteiger charge is -2.30. The van der Waals surface area contributed by atoms with E-state index in [4.69, 9.17) is 10.00 Å². The van der Waals surface area contributed by atoms with E-state index in [1.165, 1.54) is 12.8 Å². The van der Waals surface area contributed by atoms with Gasteiger partial charge in [0.25, 0.3) is 0 Å². The second-order valence-corrected chi connectivity index (χ2v) is 4.85. The molecule has 0 radical (unpaired) electrons. The van der Waals surface area contributed by atoms with Crippen LogP contribution in [0.25, 0.3) is 0 Å². The van der Waals surface area contributed by atoms with E-state index >= 15 is 0 Å². The van der Waals surface area contributed by atoms with Crippen molar-refractivity contribution in [3.05, 3.63) is 0 Å². The highest BCUT2D eigenvalue weighted by molar-refractivity contribution is 4.88. The van der Waals surface area contributed by atoms with Crippen LogP contribution in [0.15, 0.2) is 0 Å². The SMILES string of the molecule is CC1CCC(CN2CCC(C#N)CC2)O1. The van der Waals surface area contributed by atoms with Crippen molar-refractivity contribution < 1.29 is 4.74 Å². The summed E-state index contributed by atoms with van der Waals surface area (Å²) in [6, 6.07) is 2.37. The van der Waals surface area contributed by atoms with Crippen LogP contribution in [0.3, 0.4) is 0 Å². The third-order valence-electron chi connectivity index (χ3n) is 3.55. The van der Waals surface area contributed by atoms with Crippen LogP contribution >= 0.6 is 0 Å². The number of piperidine rings is 1. The molecule has 3 nitrogen and oxygen atoms in total. The predicted molar refractivity (Wildman–Crippen MR) is 58.3 cm³/mol. The second kappa shape index (κ2) is 4.96. The van der Waals surface area contributed by atoms with Crippen LogP contribution in [0.4, 0.5) is 0 Å². The summed E-state index contributed by atoms with van der Waals surface area (Å²) in [6.45, 7) is 5.38. The first-order valence-electron chi connectivity index (χ1n) is 6.05. The molecule has 2 fully saturated rings. The molecule has 2 atom stereocenters. The molecule has 2 aliphatic rings. The molecule has 0 aromatic carbocycles. The zero-order valence-electron chi connectivity index (χ0n) is 9.48. The van der Waals surface area contributed by atoms with Gasteiger partial charge >= 0.3 is 0 Å². The minimum Gasteiger partial charge on any atom is -0.374 e. The molecule has 2 heterocycles. The number of nitriles is 1. The monoisotopic (exact) mass is 208 g/mol. The fourth-order valence-electron chi connectivity index (χ4n) is 2.55. The van der Waals surface area contributed by atoms with Crippen LogP contribution in [0, 0.1) is 17.2 Å². The number of hydrogen-bond acceptors (Lipinski definition) is 3. The van der Waals surface area contributed by atoms with Crippen LogP contribution in [0.5, 0.6) is 0 Å². The predicted octanol–water partition coefficient (Wildman–Crippen LogP) is 1.79. The normalized spacial score (nSPS) is 34.1. The largest absolute Gasteiger partial charge is 0.374 e. The molecule has 3 heteroatoms. The van der Waals surface area contributed by atoms with Gasteiger partial charge in [-0.15, -0.1) is 0 Å². The Hall–Kier alpha value is -0.590. The highest BCUT2D eigenvalue weighted by Gasteiger charge is 2.26. The van der Waals surface area contributed by atoms with Gasteiger partial charge in [-0.1, -0.05) is 0 Å². The fourth-order valence-corrected chi connectivity index (χ4v) is 2.55. The molecule has 2 unspecified atom stereocenters. The lowest BCUT2D eigenvalue weighted by atomic mass is 9.98. The van der Waals surface area contributed by atoms with Crippen LogP contribution in [-0.4, -0.2) is 36.7 Å². The molecular weight excluding hydrogens is 188 g/mol. The van der Waals surface area contributed by atoms with Gasteiger partial charge in [0.1, 0.15) is 0 Å². The van der Waals surface area contributed by atoms with Gasteiger partial charge < -0.3 is 9.64 Å². The number of hydrogen-bond donors (Lipinski definition) is 0. The third kappa shape index (κ3) is 2.93. The Kier molecular flexibility index (Phi) is 3.61. The van der Waals surface area contributed by atoms with Crippen molar-refractivity contribution in [1.82, 2.24) is 4.90 Å². The molecule has 84 valence electrons. The minimum absolute atomic E-state index is 0.296. The average molecular weight is 208 g/mol. The summed E-state index contributed by atoms with van der Waals surface area (Å²) in [5.41, 5.74) is 0. The number of likely N-dealkylation sites (tertiary alicyclic amines) is 1. The molecule has 0 aliphatic carbocycles. The number of ether oxygens (including phenoxy) is 1. The van der Waals surface area contributed by atoms with Crippen LogP contribution in [0.2, 0.25) is 0 Å². The highest BCUT2D eigenvalue weighted by atomic mass is 16.5. The Morgan fingerprint density at radius 3 is 2.53 bits per heavy atom. The van der Waals surface area contributed by atoms with Gasteiger partial charge in [-0.2, -0.15) is 5.26 Å². The molecule has 0 aromatic rings. The zero-order chi connectivity index (χ0) is 10.7. The van der Waals surface area contributed by atoms with Crippen LogP contribution < -0.4 is 0 Å².